The summed E-state index contributed by atoms with van der Waals surface area (Å²) in [6.07, 6.45) is 15.1. The van der Waals surface area contributed by atoms with Crippen LogP contribution in [0.3, 0.4) is 0 Å². The number of imidazole rings is 1. The summed E-state index contributed by atoms with van der Waals surface area (Å²) < 4.78 is 2.50. The Balaban J connectivity index is 1.80. The maximum absolute atomic E-state index is 4.45. The molecule has 2 unspecified atom stereocenters. The van der Waals surface area contributed by atoms with Gasteiger partial charge in [0.15, 0.2) is 0 Å². The van der Waals surface area contributed by atoms with Gasteiger partial charge in [-0.1, -0.05) is 26.2 Å². The normalized spacial score (nSPS) is 26.7. The van der Waals surface area contributed by atoms with E-state index in [0.29, 0.717) is 12.1 Å². The Morgan fingerprint density at radius 1 is 1.26 bits per heavy atom. The molecule has 1 aliphatic carbocycles. The Morgan fingerprint density at radius 2 is 2.11 bits per heavy atom. The van der Waals surface area contributed by atoms with E-state index >= 15 is 0 Å². The van der Waals surface area contributed by atoms with Crippen LogP contribution in [-0.2, 0) is 0 Å². The van der Waals surface area contributed by atoms with E-state index in [-0.39, 0.29) is 0 Å². The number of nitrogens with zero attached hydrogens (tertiary/aromatic N) is 2. The maximum Gasteiger partial charge on any atom is 0.0951 e. The molecule has 19 heavy (non-hydrogen) atoms. The van der Waals surface area contributed by atoms with Crippen molar-refractivity contribution in [1.29, 1.82) is 0 Å². The van der Waals surface area contributed by atoms with Crippen LogP contribution in [0.2, 0.25) is 0 Å². The summed E-state index contributed by atoms with van der Waals surface area (Å²) in [7, 11) is 0. The molecule has 1 saturated heterocycles. The van der Waals surface area contributed by atoms with E-state index in [4.69, 9.17) is 0 Å². The molecule has 106 valence electrons. The van der Waals surface area contributed by atoms with Gasteiger partial charge in [0.2, 0.25) is 0 Å². The Hall–Kier alpha value is -0.830. The van der Waals surface area contributed by atoms with Gasteiger partial charge in [-0.25, -0.2) is 4.98 Å². The van der Waals surface area contributed by atoms with Gasteiger partial charge in [-0.2, -0.15) is 0 Å². The Bertz CT molecular complexity index is 386. The topological polar surface area (TPSA) is 29.9 Å². The average molecular weight is 261 g/mol. The van der Waals surface area contributed by atoms with Crippen molar-refractivity contribution in [3.05, 3.63) is 18.2 Å². The lowest BCUT2D eigenvalue weighted by molar-refractivity contribution is 0.237. The summed E-state index contributed by atoms with van der Waals surface area (Å²) in [5, 5.41) is 3.62. The molecule has 1 aliphatic heterocycles. The predicted octanol–water partition coefficient (Wildman–Crippen LogP) is 3.84. The Morgan fingerprint density at radius 3 is 2.79 bits per heavy atom. The van der Waals surface area contributed by atoms with Gasteiger partial charge < -0.3 is 9.88 Å². The number of aromatic nitrogens is 2. The molecule has 1 aromatic rings. The molecule has 2 heterocycles. The van der Waals surface area contributed by atoms with Crippen LogP contribution < -0.4 is 5.32 Å². The summed E-state index contributed by atoms with van der Waals surface area (Å²) in [5.41, 5.74) is 1.43. The predicted molar refractivity (Wildman–Crippen MR) is 78.1 cm³/mol. The van der Waals surface area contributed by atoms with E-state index in [0.717, 1.165) is 12.5 Å². The minimum atomic E-state index is 0.542. The van der Waals surface area contributed by atoms with E-state index < -0.39 is 0 Å². The second kappa shape index (κ2) is 6.08. The van der Waals surface area contributed by atoms with Crippen LogP contribution in [0, 0.1) is 5.92 Å². The Kier molecular flexibility index (Phi) is 4.21. The fraction of sp³-hybridized carbons (Fsp3) is 0.812. The van der Waals surface area contributed by atoms with Crippen molar-refractivity contribution in [3.63, 3.8) is 0 Å². The third kappa shape index (κ3) is 2.71. The van der Waals surface area contributed by atoms with E-state index in [9.17, 15) is 0 Å². The van der Waals surface area contributed by atoms with Gasteiger partial charge in [-0.15, -0.1) is 0 Å². The molecular formula is C16H27N3. The highest BCUT2D eigenvalue weighted by Gasteiger charge is 2.27. The first-order chi connectivity index (χ1) is 9.40. The van der Waals surface area contributed by atoms with Gasteiger partial charge in [0.25, 0.3) is 0 Å². The zero-order valence-corrected chi connectivity index (χ0v) is 12.1. The summed E-state index contributed by atoms with van der Waals surface area (Å²) in [6.45, 7) is 3.50. The van der Waals surface area contributed by atoms with Crippen molar-refractivity contribution in [2.45, 2.75) is 70.4 Å². The monoisotopic (exact) mass is 261 g/mol. The van der Waals surface area contributed by atoms with Crippen molar-refractivity contribution in [1.82, 2.24) is 14.9 Å². The smallest absolute Gasteiger partial charge is 0.0951 e. The minimum Gasteiger partial charge on any atom is -0.330 e. The highest BCUT2D eigenvalue weighted by Crippen LogP contribution is 2.37. The van der Waals surface area contributed by atoms with Gasteiger partial charge >= 0.3 is 0 Å². The maximum atomic E-state index is 4.45. The highest BCUT2D eigenvalue weighted by molar-refractivity contribution is 5.09. The third-order valence-electron chi connectivity index (χ3n) is 5.08. The zero-order valence-electron chi connectivity index (χ0n) is 12.1. The summed E-state index contributed by atoms with van der Waals surface area (Å²) in [5.74, 6) is 0.869. The van der Waals surface area contributed by atoms with E-state index in [1.165, 1.54) is 57.1 Å². The Labute approximate surface area is 116 Å². The van der Waals surface area contributed by atoms with E-state index in [1.54, 1.807) is 0 Å². The summed E-state index contributed by atoms with van der Waals surface area (Å²) in [4.78, 5) is 4.45. The molecule has 3 heteroatoms. The van der Waals surface area contributed by atoms with Crippen molar-refractivity contribution < 1.29 is 0 Å². The molecule has 3 nitrogen and oxygen atoms in total. The number of hydrogen-bond acceptors (Lipinski definition) is 2. The lowest BCUT2D eigenvalue weighted by Crippen LogP contribution is -2.25. The van der Waals surface area contributed by atoms with Crippen LogP contribution in [-0.4, -0.2) is 16.1 Å². The van der Waals surface area contributed by atoms with Gasteiger partial charge in [0.05, 0.1) is 12.0 Å². The van der Waals surface area contributed by atoms with Gasteiger partial charge in [-0.05, 0) is 44.6 Å². The van der Waals surface area contributed by atoms with Crippen molar-refractivity contribution in [2.75, 3.05) is 6.54 Å². The first-order valence-corrected chi connectivity index (χ1v) is 8.15. The molecule has 1 saturated carbocycles. The zero-order chi connectivity index (χ0) is 13.1. The fourth-order valence-corrected chi connectivity index (χ4v) is 4.07. The SMILES string of the molecule is CCC(C1CCCCC1)n1cncc1C1CCCN1. The quantitative estimate of drug-likeness (QED) is 0.892. The van der Waals surface area contributed by atoms with Gasteiger partial charge in [-0.3, -0.25) is 0 Å². The van der Waals surface area contributed by atoms with E-state index in [1.807, 2.05) is 0 Å². The number of rotatable bonds is 4. The molecule has 2 atom stereocenters. The third-order valence-corrected chi connectivity index (χ3v) is 5.08. The molecule has 2 aliphatic rings. The minimum absolute atomic E-state index is 0.542. The van der Waals surface area contributed by atoms with Crippen LogP contribution in [0.1, 0.15) is 76.1 Å². The lowest BCUT2D eigenvalue weighted by atomic mass is 9.82. The molecule has 3 rings (SSSR count). The standard InChI is InChI=1S/C16H27N3/c1-2-15(13-7-4-3-5-8-13)19-12-17-11-16(19)14-9-6-10-18-14/h11-15,18H,2-10H2,1H3. The fourth-order valence-electron chi connectivity index (χ4n) is 4.07. The average Bonchev–Trinajstić information content (AvgIpc) is 3.11. The molecule has 1 aromatic heterocycles. The van der Waals surface area contributed by atoms with E-state index in [2.05, 4.69) is 34.3 Å². The first-order valence-electron chi connectivity index (χ1n) is 8.15. The lowest BCUT2D eigenvalue weighted by Gasteiger charge is -2.32. The molecule has 0 radical (unpaired) electrons. The number of nitrogens with one attached hydrogen (secondary N) is 1. The summed E-state index contributed by atoms with van der Waals surface area (Å²) in [6, 6.07) is 1.21. The van der Waals surface area contributed by atoms with Crippen LogP contribution >= 0.6 is 0 Å². The summed E-state index contributed by atoms with van der Waals surface area (Å²) >= 11 is 0. The largest absolute Gasteiger partial charge is 0.330 e. The van der Waals surface area contributed by atoms with Gasteiger partial charge in [0.1, 0.15) is 0 Å². The number of hydrogen-bond donors (Lipinski definition) is 1. The second-order valence-corrected chi connectivity index (χ2v) is 6.25. The molecule has 2 fully saturated rings. The molecule has 0 amide bonds. The molecule has 1 N–H and O–H groups in total. The second-order valence-electron chi connectivity index (χ2n) is 6.25. The highest BCUT2D eigenvalue weighted by atomic mass is 15.1. The van der Waals surface area contributed by atoms with Crippen molar-refractivity contribution >= 4 is 0 Å². The molecular weight excluding hydrogens is 234 g/mol. The van der Waals surface area contributed by atoms with Crippen LogP contribution in [0.25, 0.3) is 0 Å². The van der Waals surface area contributed by atoms with Crippen molar-refractivity contribution in [3.8, 4) is 0 Å². The molecule has 0 aromatic carbocycles. The van der Waals surface area contributed by atoms with Crippen molar-refractivity contribution in [2.24, 2.45) is 5.92 Å². The van der Waals surface area contributed by atoms with Crippen LogP contribution in [0.5, 0.6) is 0 Å². The van der Waals surface area contributed by atoms with Gasteiger partial charge in [0, 0.05) is 18.3 Å². The first kappa shape index (κ1) is 13.2. The van der Waals surface area contributed by atoms with Crippen LogP contribution in [0.4, 0.5) is 0 Å². The van der Waals surface area contributed by atoms with Crippen LogP contribution in [0.15, 0.2) is 12.5 Å². The molecule has 0 spiro atoms. The molecule has 0 bridgehead atoms.